The molecule has 0 atom stereocenters. The number of aryl methyl sites for hydroxylation is 1. The maximum absolute atomic E-state index is 12.0. The summed E-state index contributed by atoms with van der Waals surface area (Å²) < 4.78 is 6.51. The first-order valence-corrected chi connectivity index (χ1v) is 6.66. The number of methoxy groups -OCH3 is 1. The highest BCUT2D eigenvalue weighted by molar-refractivity contribution is 6.33. The van der Waals surface area contributed by atoms with Crippen molar-refractivity contribution >= 4 is 29.2 Å². The first-order valence-electron chi connectivity index (χ1n) is 6.28. The number of ether oxygens (including phenoxy) is 1. The van der Waals surface area contributed by atoms with Crippen LogP contribution in [0.1, 0.15) is 15.9 Å². The molecule has 0 aliphatic rings. The molecule has 1 heterocycles. The third-order valence-electron chi connectivity index (χ3n) is 2.92. The molecule has 0 aliphatic heterocycles. The number of esters is 1. The van der Waals surface area contributed by atoms with E-state index >= 15 is 0 Å². The monoisotopic (exact) mass is 306 g/mol. The van der Waals surface area contributed by atoms with Crippen LogP contribution in [0.5, 0.6) is 0 Å². The van der Waals surface area contributed by atoms with Crippen LogP contribution < -0.4 is 5.32 Å². The summed E-state index contributed by atoms with van der Waals surface area (Å²) in [7, 11) is 3.18. The van der Waals surface area contributed by atoms with Gasteiger partial charge in [-0.05, 0) is 29.8 Å². The highest BCUT2D eigenvalue weighted by atomic mass is 35.5. The zero-order valence-corrected chi connectivity index (χ0v) is 12.5. The quantitative estimate of drug-likeness (QED) is 0.883. The highest BCUT2D eigenvalue weighted by Crippen LogP contribution is 2.23. The summed E-state index contributed by atoms with van der Waals surface area (Å²) >= 11 is 6.02. The Balaban J connectivity index is 2.11. The lowest BCUT2D eigenvalue weighted by molar-refractivity contribution is -0.115. The van der Waals surface area contributed by atoms with Gasteiger partial charge in [-0.25, -0.2) is 4.79 Å². The topological polar surface area (TPSA) is 60.3 Å². The predicted octanol–water partition coefficient (Wildman–Crippen LogP) is 2.65. The lowest BCUT2D eigenvalue weighted by Gasteiger charge is -2.08. The van der Waals surface area contributed by atoms with E-state index in [1.165, 1.54) is 13.2 Å². The second kappa shape index (κ2) is 6.45. The summed E-state index contributed by atoms with van der Waals surface area (Å²) in [6.45, 7) is 0. The van der Waals surface area contributed by atoms with Crippen molar-refractivity contribution in [2.45, 2.75) is 6.42 Å². The normalized spacial score (nSPS) is 10.2. The molecule has 1 N–H and O–H groups in total. The van der Waals surface area contributed by atoms with E-state index in [0.29, 0.717) is 16.3 Å². The Bertz CT molecular complexity index is 679. The molecule has 21 heavy (non-hydrogen) atoms. The number of carbonyl (C=O) groups excluding carboxylic acids is 2. The molecule has 0 unspecified atom stereocenters. The summed E-state index contributed by atoms with van der Waals surface area (Å²) in [5.41, 5.74) is 1.62. The lowest BCUT2D eigenvalue weighted by atomic mass is 10.2. The minimum absolute atomic E-state index is 0.204. The van der Waals surface area contributed by atoms with Crippen molar-refractivity contribution in [3.8, 4) is 0 Å². The zero-order chi connectivity index (χ0) is 15.4. The van der Waals surface area contributed by atoms with E-state index in [2.05, 4.69) is 10.1 Å². The van der Waals surface area contributed by atoms with Crippen molar-refractivity contribution in [2.24, 2.45) is 7.05 Å². The molecule has 0 saturated heterocycles. The van der Waals surface area contributed by atoms with Crippen molar-refractivity contribution < 1.29 is 14.3 Å². The van der Waals surface area contributed by atoms with Crippen LogP contribution in [0.3, 0.4) is 0 Å². The Morgan fingerprint density at radius 2 is 2.10 bits per heavy atom. The van der Waals surface area contributed by atoms with Crippen LogP contribution in [-0.2, 0) is 23.0 Å². The van der Waals surface area contributed by atoms with E-state index in [1.807, 2.05) is 30.1 Å². The zero-order valence-electron chi connectivity index (χ0n) is 11.7. The molecule has 0 bridgehead atoms. The molecule has 6 heteroatoms. The first kappa shape index (κ1) is 15.1. The third kappa shape index (κ3) is 3.86. The van der Waals surface area contributed by atoms with Gasteiger partial charge >= 0.3 is 5.97 Å². The van der Waals surface area contributed by atoms with Gasteiger partial charge in [0.2, 0.25) is 5.91 Å². The number of nitrogens with zero attached hydrogens (tertiary/aromatic N) is 1. The Morgan fingerprint density at radius 1 is 1.33 bits per heavy atom. The molecule has 5 nitrogen and oxygen atoms in total. The average molecular weight is 307 g/mol. The van der Waals surface area contributed by atoms with Gasteiger partial charge in [0.1, 0.15) is 0 Å². The van der Waals surface area contributed by atoms with Crippen LogP contribution in [0.25, 0.3) is 0 Å². The van der Waals surface area contributed by atoms with Crippen molar-refractivity contribution in [1.82, 2.24) is 4.57 Å². The van der Waals surface area contributed by atoms with E-state index in [0.717, 1.165) is 5.56 Å². The molecule has 2 aromatic rings. The Labute approximate surface area is 127 Å². The smallest absolute Gasteiger partial charge is 0.337 e. The molecule has 0 aliphatic carbocycles. The van der Waals surface area contributed by atoms with Crippen LogP contribution in [0.15, 0.2) is 36.7 Å². The number of aromatic nitrogens is 1. The second-order valence-electron chi connectivity index (χ2n) is 4.60. The summed E-state index contributed by atoms with van der Waals surface area (Å²) in [4.78, 5) is 23.5. The van der Waals surface area contributed by atoms with Gasteiger partial charge in [-0.15, -0.1) is 0 Å². The molecular weight excluding hydrogens is 292 g/mol. The fourth-order valence-corrected chi connectivity index (χ4v) is 2.08. The Morgan fingerprint density at radius 3 is 2.71 bits per heavy atom. The third-order valence-corrected chi connectivity index (χ3v) is 3.25. The molecule has 1 aromatic carbocycles. The van der Waals surface area contributed by atoms with E-state index in [4.69, 9.17) is 11.6 Å². The minimum atomic E-state index is -0.481. The summed E-state index contributed by atoms with van der Waals surface area (Å²) in [5.74, 6) is -0.685. The van der Waals surface area contributed by atoms with Gasteiger partial charge in [0.05, 0.1) is 29.8 Å². The number of amides is 1. The van der Waals surface area contributed by atoms with Crippen LogP contribution >= 0.6 is 11.6 Å². The molecular formula is C15H15ClN2O3. The number of hydrogen-bond donors (Lipinski definition) is 1. The fourth-order valence-electron chi connectivity index (χ4n) is 1.91. The van der Waals surface area contributed by atoms with Crippen LogP contribution in [0, 0.1) is 0 Å². The summed E-state index contributed by atoms with van der Waals surface area (Å²) in [6.07, 6.45) is 3.97. The molecule has 2 rings (SSSR count). The molecule has 0 fully saturated rings. The number of anilines is 1. The van der Waals surface area contributed by atoms with Gasteiger partial charge in [0.25, 0.3) is 0 Å². The van der Waals surface area contributed by atoms with E-state index in [-0.39, 0.29) is 12.3 Å². The van der Waals surface area contributed by atoms with Crippen LogP contribution in [0.4, 0.5) is 5.69 Å². The molecule has 0 radical (unpaired) electrons. The summed E-state index contributed by atoms with van der Waals surface area (Å²) in [6, 6.07) is 6.45. The Kier molecular flexibility index (Phi) is 4.65. The first-order chi connectivity index (χ1) is 9.99. The van der Waals surface area contributed by atoms with Crippen molar-refractivity contribution in [1.29, 1.82) is 0 Å². The van der Waals surface area contributed by atoms with Gasteiger partial charge in [0.15, 0.2) is 0 Å². The van der Waals surface area contributed by atoms with E-state index in [9.17, 15) is 9.59 Å². The standard InChI is InChI=1S/C15H15ClN2O3/c1-18-6-5-10(9-18)7-14(19)17-13-8-11(15(20)21-2)3-4-12(13)16/h3-6,8-9H,7H2,1-2H3,(H,17,19). The molecule has 0 spiro atoms. The minimum Gasteiger partial charge on any atom is -0.465 e. The summed E-state index contributed by atoms with van der Waals surface area (Å²) in [5, 5.41) is 3.06. The maximum Gasteiger partial charge on any atom is 0.337 e. The van der Waals surface area contributed by atoms with Gasteiger partial charge < -0.3 is 14.6 Å². The largest absolute Gasteiger partial charge is 0.465 e. The lowest BCUT2D eigenvalue weighted by Crippen LogP contribution is -2.15. The van der Waals surface area contributed by atoms with Gasteiger partial charge in [-0.3, -0.25) is 4.79 Å². The molecule has 1 aromatic heterocycles. The fraction of sp³-hybridized carbons (Fsp3) is 0.200. The number of hydrogen-bond acceptors (Lipinski definition) is 3. The van der Waals surface area contributed by atoms with Crippen molar-refractivity contribution in [3.05, 3.63) is 52.8 Å². The Hall–Kier alpha value is -2.27. The maximum atomic E-state index is 12.0. The number of halogens is 1. The SMILES string of the molecule is COC(=O)c1ccc(Cl)c(NC(=O)Cc2ccn(C)c2)c1. The molecule has 1 amide bonds. The average Bonchev–Trinajstić information content (AvgIpc) is 2.85. The van der Waals surface area contributed by atoms with Crippen molar-refractivity contribution in [2.75, 3.05) is 12.4 Å². The number of nitrogens with one attached hydrogen (secondary N) is 1. The van der Waals surface area contributed by atoms with E-state index in [1.54, 1.807) is 12.1 Å². The second-order valence-corrected chi connectivity index (χ2v) is 5.00. The van der Waals surface area contributed by atoms with Gasteiger partial charge in [-0.2, -0.15) is 0 Å². The molecule has 110 valence electrons. The predicted molar refractivity (Wildman–Crippen MR) is 80.5 cm³/mol. The van der Waals surface area contributed by atoms with Gasteiger partial charge in [0, 0.05) is 19.4 Å². The molecule has 0 saturated carbocycles. The van der Waals surface area contributed by atoms with E-state index < -0.39 is 5.97 Å². The highest BCUT2D eigenvalue weighted by Gasteiger charge is 2.12. The number of rotatable bonds is 4. The van der Waals surface area contributed by atoms with Crippen LogP contribution in [0.2, 0.25) is 5.02 Å². The van der Waals surface area contributed by atoms with Gasteiger partial charge in [-0.1, -0.05) is 11.6 Å². The van der Waals surface area contributed by atoms with Crippen molar-refractivity contribution in [3.63, 3.8) is 0 Å². The number of carbonyl (C=O) groups is 2. The van der Waals surface area contributed by atoms with Crippen LogP contribution in [-0.4, -0.2) is 23.6 Å². The number of benzene rings is 1.